The molecule has 5 aromatic rings. The van der Waals surface area contributed by atoms with Gasteiger partial charge in [0.05, 0.1) is 29.2 Å². The first-order valence-electron chi connectivity index (χ1n) is 13.1. The van der Waals surface area contributed by atoms with Crippen molar-refractivity contribution >= 4 is 17.3 Å². The van der Waals surface area contributed by atoms with E-state index in [1.54, 1.807) is 6.92 Å². The summed E-state index contributed by atoms with van der Waals surface area (Å²) in [6.45, 7) is 1.86. The van der Waals surface area contributed by atoms with Crippen molar-refractivity contribution in [3.05, 3.63) is 124 Å². The molecule has 0 saturated heterocycles. The molecule has 0 unspecified atom stereocenters. The zero-order valence-corrected chi connectivity index (χ0v) is 24.3. The molecule has 0 aliphatic carbocycles. The van der Waals surface area contributed by atoms with Crippen LogP contribution in [-0.4, -0.2) is 16.2 Å². The van der Waals surface area contributed by atoms with Gasteiger partial charge in [-0.05, 0) is 43.3 Å². The van der Waals surface area contributed by atoms with Gasteiger partial charge in [-0.2, -0.15) is 17.9 Å². The summed E-state index contributed by atoms with van der Waals surface area (Å²) in [5, 5.41) is 10.7. The number of aromatic nitrogens is 2. The Morgan fingerprint density at radius 3 is 2.07 bits per heavy atom. The van der Waals surface area contributed by atoms with Crippen molar-refractivity contribution in [1.29, 1.82) is 0 Å². The van der Waals surface area contributed by atoms with Gasteiger partial charge in [0.25, 0.3) is 0 Å². The van der Waals surface area contributed by atoms with E-state index >= 15 is 0 Å². The zero-order valence-electron chi connectivity index (χ0n) is 23.5. The Morgan fingerprint density at radius 1 is 0.884 bits per heavy atom. The second-order valence-corrected chi connectivity index (χ2v) is 9.67. The molecule has 0 N–H and O–H groups in total. The summed E-state index contributed by atoms with van der Waals surface area (Å²) in [5.41, 5.74) is 3.77. The smallest absolute Gasteiger partial charge is 0.416 e. The van der Waals surface area contributed by atoms with Crippen LogP contribution >= 0.6 is 11.6 Å². The first-order chi connectivity index (χ1) is 20.5. The lowest BCUT2D eigenvalue weighted by molar-refractivity contribution is -0.740. The minimum Gasteiger partial charge on any atom is -0.487 e. The molecule has 0 saturated carbocycles. The Balaban J connectivity index is 0.000000202. The number of nitro benzene ring substituents is 1. The molecule has 222 valence electrons. The topological polar surface area (TPSA) is 70.4 Å². The maximum atomic E-state index is 12.6. The quantitative estimate of drug-likeness (QED) is 0.105. The van der Waals surface area contributed by atoms with E-state index in [0.717, 1.165) is 18.2 Å². The van der Waals surface area contributed by atoms with Crippen LogP contribution in [0.3, 0.4) is 0 Å². The highest BCUT2D eigenvalue weighted by Gasteiger charge is 2.31. The number of benzene rings is 4. The largest absolute Gasteiger partial charge is 0.487 e. The highest BCUT2D eigenvalue weighted by Crippen LogP contribution is 2.38. The Bertz CT molecular complexity index is 1650. The molecular weight excluding hydrogens is 583 g/mol. The number of rotatable bonds is 7. The fourth-order valence-corrected chi connectivity index (χ4v) is 4.48. The van der Waals surface area contributed by atoms with Gasteiger partial charge in [0, 0.05) is 29.3 Å². The first-order valence-corrected chi connectivity index (χ1v) is 13.5. The van der Waals surface area contributed by atoms with Crippen molar-refractivity contribution in [3.63, 3.8) is 0 Å². The highest BCUT2D eigenvalue weighted by molar-refractivity contribution is 6.32. The number of hydrogen-bond acceptors (Lipinski definition) is 4. The molecule has 4 aromatic carbocycles. The Labute approximate surface area is 251 Å². The van der Waals surface area contributed by atoms with Gasteiger partial charge in [-0.15, -0.1) is 4.68 Å². The number of nitro groups is 1. The second kappa shape index (κ2) is 13.4. The first kappa shape index (κ1) is 31.1. The Hall–Kier alpha value is -4.83. The summed E-state index contributed by atoms with van der Waals surface area (Å²) in [4.78, 5) is 10.3. The molecule has 1 heterocycles. The summed E-state index contributed by atoms with van der Waals surface area (Å²) in [5.74, 6) is 0.120. The minimum absolute atomic E-state index is 0.0111. The van der Waals surface area contributed by atoms with Crippen molar-refractivity contribution in [2.24, 2.45) is 14.1 Å². The molecular formula is C32H28ClF3N3O4+. The van der Waals surface area contributed by atoms with Crippen molar-refractivity contribution in [1.82, 2.24) is 4.68 Å². The third-order valence-electron chi connectivity index (χ3n) is 6.47. The average Bonchev–Trinajstić information content (AvgIpc) is 3.29. The number of halogens is 4. The van der Waals surface area contributed by atoms with Gasteiger partial charge in [-0.25, -0.2) is 0 Å². The second-order valence-electron chi connectivity index (χ2n) is 9.26. The monoisotopic (exact) mass is 610 g/mol. The molecule has 0 bridgehead atoms. The maximum Gasteiger partial charge on any atom is 0.416 e. The van der Waals surface area contributed by atoms with E-state index < -0.39 is 16.7 Å². The molecule has 5 rings (SSSR count). The molecule has 43 heavy (non-hydrogen) atoms. The van der Waals surface area contributed by atoms with Crippen molar-refractivity contribution in [3.8, 4) is 39.8 Å². The standard InChI is InChI=1S/C17H17N2.C15H11ClF3NO4/c1-18-16(14-9-5-3-6-10-14)13-17(19(18)2)15-11-7-4-8-12-15;1-2-23-14-8-10(4-5-12(14)20(21)22)24-13-6-3-9(7-11(13)16)15(17,18)19/h3-13H,1-2H3;3-8H,2H2,1H3/q+1;. The van der Waals surface area contributed by atoms with Crippen LogP contribution < -0.4 is 14.2 Å². The van der Waals surface area contributed by atoms with Crippen LogP contribution in [0.2, 0.25) is 5.02 Å². The Morgan fingerprint density at radius 2 is 1.51 bits per heavy atom. The summed E-state index contributed by atoms with van der Waals surface area (Å²) < 4.78 is 52.7. The Kier molecular flexibility index (Phi) is 9.72. The van der Waals surface area contributed by atoms with E-state index in [1.807, 2.05) is 12.1 Å². The van der Waals surface area contributed by atoms with Gasteiger partial charge in [-0.1, -0.05) is 60.1 Å². The van der Waals surface area contributed by atoms with Crippen LogP contribution in [0.25, 0.3) is 22.5 Å². The van der Waals surface area contributed by atoms with Crippen LogP contribution in [0, 0.1) is 10.1 Å². The van der Waals surface area contributed by atoms with Gasteiger partial charge in [0.2, 0.25) is 11.4 Å². The third-order valence-corrected chi connectivity index (χ3v) is 6.77. The molecule has 11 heteroatoms. The number of nitrogens with zero attached hydrogens (tertiary/aromatic N) is 3. The number of hydrogen-bond donors (Lipinski definition) is 0. The minimum atomic E-state index is -4.52. The van der Waals surface area contributed by atoms with Crippen LogP contribution in [0.4, 0.5) is 18.9 Å². The van der Waals surface area contributed by atoms with E-state index in [-0.39, 0.29) is 34.6 Å². The van der Waals surface area contributed by atoms with Crippen molar-refractivity contribution < 1.29 is 32.3 Å². The van der Waals surface area contributed by atoms with E-state index in [2.05, 4.69) is 78.1 Å². The molecule has 0 atom stereocenters. The molecule has 0 aliphatic heterocycles. The lowest BCUT2D eigenvalue weighted by atomic mass is 10.1. The number of alkyl halides is 3. The van der Waals surface area contributed by atoms with Crippen molar-refractivity contribution in [2.45, 2.75) is 13.1 Å². The maximum absolute atomic E-state index is 12.6. The van der Waals surface area contributed by atoms with Crippen LogP contribution in [0.15, 0.2) is 103 Å². The molecule has 0 radical (unpaired) electrons. The summed E-state index contributed by atoms with van der Waals surface area (Å²) in [6, 6.07) is 29.6. The van der Waals surface area contributed by atoms with E-state index in [1.165, 1.54) is 40.7 Å². The molecule has 0 fully saturated rings. The van der Waals surface area contributed by atoms with E-state index in [9.17, 15) is 23.3 Å². The van der Waals surface area contributed by atoms with Gasteiger partial charge in [0.1, 0.15) is 17.2 Å². The van der Waals surface area contributed by atoms with E-state index in [0.29, 0.717) is 0 Å². The van der Waals surface area contributed by atoms with E-state index in [4.69, 9.17) is 21.1 Å². The molecule has 0 aliphatic rings. The molecule has 1 aromatic heterocycles. The average molecular weight is 611 g/mol. The van der Waals surface area contributed by atoms with Gasteiger partial charge in [0.15, 0.2) is 7.05 Å². The predicted octanol–water partition coefficient (Wildman–Crippen LogP) is 8.64. The van der Waals surface area contributed by atoms with Crippen molar-refractivity contribution in [2.75, 3.05) is 6.61 Å². The molecule has 7 nitrogen and oxygen atoms in total. The van der Waals surface area contributed by atoms with Gasteiger partial charge < -0.3 is 9.47 Å². The van der Waals surface area contributed by atoms with Gasteiger partial charge in [-0.3, -0.25) is 10.1 Å². The highest BCUT2D eigenvalue weighted by atomic mass is 35.5. The zero-order chi connectivity index (χ0) is 31.1. The SMILES string of the molecule is CCOc1cc(Oc2ccc(C(F)(F)F)cc2Cl)ccc1[N+](=O)[O-].Cn1c(-c2ccccc2)cc(-c2ccccc2)[n+]1C. The fourth-order valence-electron chi connectivity index (χ4n) is 4.26. The van der Waals surface area contributed by atoms with Crippen LogP contribution in [0.1, 0.15) is 12.5 Å². The summed E-state index contributed by atoms with van der Waals surface area (Å²) in [6.07, 6.45) is -4.52. The molecule has 0 amide bonds. The third kappa shape index (κ3) is 7.52. The fraction of sp³-hybridized carbons (Fsp3) is 0.156. The predicted molar refractivity (Wildman–Crippen MR) is 158 cm³/mol. The lowest BCUT2D eigenvalue weighted by Gasteiger charge is -2.12. The van der Waals surface area contributed by atoms with Crippen LogP contribution in [0.5, 0.6) is 17.2 Å². The molecule has 0 spiro atoms. The summed E-state index contributed by atoms with van der Waals surface area (Å²) >= 11 is 5.80. The van der Waals surface area contributed by atoms with Gasteiger partial charge >= 0.3 is 11.9 Å². The van der Waals surface area contributed by atoms with Crippen LogP contribution in [-0.2, 0) is 20.3 Å². The number of ether oxygens (including phenoxy) is 2. The summed E-state index contributed by atoms with van der Waals surface area (Å²) in [7, 11) is 4.18. The normalized spacial score (nSPS) is 11.0. The lowest BCUT2D eigenvalue weighted by Crippen LogP contribution is -2.39.